The van der Waals surface area contributed by atoms with Gasteiger partial charge in [-0.25, -0.2) is 4.99 Å². The van der Waals surface area contributed by atoms with Crippen LogP contribution in [0.4, 0.5) is 11.6 Å². The molecule has 20 nitrogen and oxygen atoms in total. The molecular formula is C94H144Cl4N12O8S4V+4. The molecule has 0 atom stereocenters. The van der Waals surface area contributed by atoms with Crippen molar-refractivity contribution in [1.82, 2.24) is 14.5 Å². The van der Waals surface area contributed by atoms with Crippen LogP contribution in [0.15, 0.2) is 50.2 Å². The topological polar surface area (TPSA) is 167 Å². The van der Waals surface area contributed by atoms with Crippen molar-refractivity contribution in [2.24, 2.45) is 61.4 Å². The molecule has 0 unspecified atom stereocenters. The molecule has 0 saturated heterocycles. The number of amidine groups is 2. The fraction of sp³-hybridized carbons (Fsp3) is 0.660. The van der Waals surface area contributed by atoms with Crippen molar-refractivity contribution in [3.63, 3.8) is 0 Å². The summed E-state index contributed by atoms with van der Waals surface area (Å²) in [6.45, 7) is 62.6. The molecule has 1 radical (unpaired) electrons. The van der Waals surface area contributed by atoms with Crippen molar-refractivity contribution in [3.05, 3.63) is 53.8 Å². The van der Waals surface area contributed by atoms with Gasteiger partial charge in [0.05, 0.1) is 188 Å². The third-order valence-electron chi connectivity index (χ3n) is 24.5. The van der Waals surface area contributed by atoms with Gasteiger partial charge in [-0.05, 0) is 146 Å². The van der Waals surface area contributed by atoms with E-state index in [0.717, 1.165) is 156 Å². The minimum absolute atomic E-state index is 0. The summed E-state index contributed by atoms with van der Waals surface area (Å²) in [5, 5.41) is 5.10. The molecular weight excluding hydrogens is 1750 g/mol. The fourth-order valence-corrected chi connectivity index (χ4v) is 21.0. The van der Waals surface area contributed by atoms with Crippen molar-refractivity contribution >= 4 is 155 Å². The second-order valence-corrected chi connectivity index (χ2v) is 42.8. The van der Waals surface area contributed by atoms with Crippen LogP contribution in [0.2, 0.25) is 20.1 Å². The van der Waals surface area contributed by atoms with E-state index in [1.807, 2.05) is 0 Å². The van der Waals surface area contributed by atoms with Crippen LogP contribution in [0.5, 0.6) is 34.5 Å². The van der Waals surface area contributed by atoms with Gasteiger partial charge in [0, 0.05) is 90.7 Å². The van der Waals surface area contributed by atoms with Crippen molar-refractivity contribution < 1.29 is 79.4 Å². The number of aromatic nitrogens is 4. The molecule has 0 fully saturated rings. The first-order valence-electron chi connectivity index (χ1n) is 45.5. The second-order valence-electron chi connectivity index (χ2n) is 36.8. The third-order valence-corrected chi connectivity index (χ3v) is 30.7. The first kappa shape index (κ1) is 103. The standard InChI is InChI=1S/C94H143Cl4N12O8S4.V/c1-26-105(27-2)40-50-120-84-65(56-111-55-63(21)22)67-71(80(75(84)96)114-46-36-59(13)14)93-104-94-73-72(81(115-47-37-60(15)16)77(98)86(83(73)117-49-39-62(19)20)122-53-43-110(25,32-7)33-8)92-103-90-70-69(79(113-45-35-58(11)12)76(97)85(82(70)116-48-38-61(17)18)121-52-42-109(24,30-5)31-6)89(101-90)100-87-64-54-66(119-51-41-108(23,28-3)29-4)74(95)78(112-44-34-57(9)10)68(64)88(99-87)102-91(67)106(93)118-107(92)94;/h54,57-63H,26-53,55-56H2,1-25H3;/q+3;/p+1. The number of ether oxygens (including phenoxy) is 7. The zero-order chi connectivity index (χ0) is 88.8. The normalized spacial score (nSPS) is 13.3. The molecule has 6 heterocycles. The Morgan fingerprint density at radius 1 is 0.455 bits per heavy atom. The maximum atomic E-state index is 8.34. The van der Waals surface area contributed by atoms with Gasteiger partial charge in [-0.2, -0.15) is 9.62 Å². The number of benzene rings is 4. The number of halogens is 4. The van der Waals surface area contributed by atoms with Crippen molar-refractivity contribution in [3.8, 4) is 40.3 Å². The molecule has 29 heteroatoms. The monoisotopic (exact) mass is 1890 g/mol. The van der Waals surface area contributed by atoms with Crippen LogP contribution in [0.25, 0.3) is 43.8 Å². The Kier molecular flexibility index (Phi) is 38.8. The Morgan fingerprint density at radius 3 is 1.37 bits per heavy atom. The van der Waals surface area contributed by atoms with E-state index in [-0.39, 0.29) is 83.6 Å². The van der Waals surface area contributed by atoms with Crippen molar-refractivity contribution in [2.45, 2.75) is 217 Å². The number of fused-ring (bicyclic) bond motifs is 15. The van der Waals surface area contributed by atoms with Crippen LogP contribution in [0.3, 0.4) is 0 Å². The molecule has 0 saturated carbocycles. The van der Waals surface area contributed by atoms with E-state index < -0.39 is 0 Å². The molecule has 4 aliphatic heterocycles. The van der Waals surface area contributed by atoms with E-state index in [1.54, 1.807) is 56.4 Å². The molecule has 0 aliphatic carbocycles. The van der Waals surface area contributed by atoms with Gasteiger partial charge in [0.25, 0.3) is 11.5 Å². The molecule has 4 aromatic carbocycles. The minimum atomic E-state index is 0. The summed E-state index contributed by atoms with van der Waals surface area (Å²) < 4.78 is 65.3. The van der Waals surface area contributed by atoms with Crippen LogP contribution in [-0.2, 0) is 29.9 Å². The summed E-state index contributed by atoms with van der Waals surface area (Å²) >= 11 is 39.7. The number of thioether (sulfide) groups is 4. The minimum Gasteiger partial charge on any atom is -0.492 e. The van der Waals surface area contributed by atoms with E-state index in [2.05, 4.69) is 180 Å². The quantitative estimate of drug-likeness (QED) is 0.0217. The van der Waals surface area contributed by atoms with Crippen LogP contribution < -0.4 is 54.0 Å². The van der Waals surface area contributed by atoms with Crippen molar-refractivity contribution in [1.29, 1.82) is 0 Å². The number of nitrogens with zero attached hydrogens (tertiary/aromatic N) is 11. The zero-order valence-electron chi connectivity index (χ0n) is 78.6. The predicted octanol–water partition coefficient (Wildman–Crippen LogP) is 21.6. The van der Waals surface area contributed by atoms with Gasteiger partial charge in [0.2, 0.25) is 5.82 Å². The van der Waals surface area contributed by atoms with Crippen LogP contribution >= 0.6 is 93.5 Å². The molecule has 4 aliphatic rings. The summed E-state index contributed by atoms with van der Waals surface area (Å²) in [5.41, 5.74) is 2.70. The number of hydrogen-bond donors (Lipinski definition) is 1. The molecule has 0 amide bonds. The van der Waals surface area contributed by atoms with Gasteiger partial charge in [0.15, 0.2) is 23.2 Å². The molecule has 123 heavy (non-hydrogen) atoms. The Bertz CT molecular complexity index is 5050. The second kappa shape index (κ2) is 46.5. The molecule has 1 N–H and O–H groups in total. The summed E-state index contributed by atoms with van der Waals surface area (Å²) in [6.07, 6.45) is 4.36. The molecule has 681 valence electrons. The number of rotatable bonds is 52. The number of hydrogen-bond acceptors (Lipinski definition) is 17. The Labute approximate surface area is 783 Å². The molecule has 10 rings (SSSR count). The van der Waals surface area contributed by atoms with Gasteiger partial charge < -0.3 is 66.5 Å². The first-order chi connectivity index (χ1) is 58.2. The zero-order valence-corrected chi connectivity index (χ0v) is 86.3. The molecule has 6 aromatic rings. The number of aliphatic imine (C=N–C) groups is 2. The van der Waals surface area contributed by atoms with Gasteiger partial charge in [-0.15, -0.1) is 47.0 Å². The number of quaternary nitrogens is 4. The van der Waals surface area contributed by atoms with Gasteiger partial charge in [-0.3, -0.25) is 0 Å². The van der Waals surface area contributed by atoms with E-state index in [9.17, 15) is 0 Å². The van der Waals surface area contributed by atoms with Gasteiger partial charge in [-0.1, -0.05) is 153 Å². The Hall–Kier alpha value is -4.22. The smallest absolute Gasteiger partial charge is 0.286 e. The summed E-state index contributed by atoms with van der Waals surface area (Å²) in [5.74, 6) is 8.85. The van der Waals surface area contributed by atoms with Crippen LogP contribution in [-0.4, -0.2) is 204 Å². The molecule has 0 spiro atoms. The molecule has 2 aromatic heterocycles. The maximum Gasteiger partial charge on any atom is 0.286 e. The van der Waals surface area contributed by atoms with Crippen LogP contribution in [0.1, 0.15) is 208 Å². The Morgan fingerprint density at radius 2 is 0.878 bits per heavy atom. The van der Waals surface area contributed by atoms with Crippen LogP contribution in [0, 0.1) is 41.4 Å². The van der Waals surface area contributed by atoms with E-state index in [4.69, 9.17) is 114 Å². The summed E-state index contributed by atoms with van der Waals surface area (Å²) in [6, 6.07) is 2.11. The van der Waals surface area contributed by atoms with E-state index >= 15 is 0 Å². The fourth-order valence-electron chi connectivity index (χ4n) is 14.6. The Balaban J connectivity index is 0.0000172. The third kappa shape index (κ3) is 24.3. The molecule has 6 bridgehead atoms. The van der Waals surface area contributed by atoms with Gasteiger partial charge >= 0.3 is 0 Å². The van der Waals surface area contributed by atoms with E-state index in [1.165, 1.54) is 4.90 Å². The number of nitrogens with one attached hydrogen (secondary N) is 1. The first-order valence-corrected chi connectivity index (χ1v) is 50.9. The van der Waals surface area contributed by atoms with Gasteiger partial charge in [0.1, 0.15) is 43.8 Å². The predicted molar refractivity (Wildman–Crippen MR) is 514 cm³/mol. The van der Waals surface area contributed by atoms with Crippen molar-refractivity contribution in [2.75, 3.05) is 169 Å². The SMILES string of the molecule is CC[NH+](CC)CCSc1c(Cl)c(OCCC(C)C)c2c3nc4c5c(OCCC(C)C)c(SCC[N+](C)(CC)CC)c(Cl)c(OCCC(C)C)c5c5n4o[n+]-3c(c2c1COCC(C)C)N=c1[n-]c(c2cc(SCC[N+](C)(CC)CC)c(Cl)c(OCCC(C)C)c12)=NC1=NC(=N5)c2c(OCCC(C)C)c(SCC[N+](C)(CC)CC)c(Cl)c(OCCC(C)C)c21.[V]. The largest absolute Gasteiger partial charge is 0.492 e. The maximum absolute atomic E-state index is 8.34. The summed E-state index contributed by atoms with van der Waals surface area (Å²) in [4.78, 5) is 40.3. The van der Waals surface area contributed by atoms with E-state index in [0.29, 0.717) is 196 Å². The summed E-state index contributed by atoms with van der Waals surface area (Å²) in [7, 11) is 6.93. The average molecular weight is 1890 g/mol. The average Bonchev–Trinajstić information content (AvgIpc) is 1.53.